The van der Waals surface area contributed by atoms with Crippen LogP contribution in [0.5, 0.6) is 0 Å². The van der Waals surface area contributed by atoms with Crippen LogP contribution in [0, 0.1) is 5.92 Å². The van der Waals surface area contributed by atoms with Gasteiger partial charge in [0.2, 0.25) is 5.91 Å². The van der Waals surface area contributed by atoms with Crippen molar-refractivity contribution in [1.29, 1.82) is 0 Å². The van der Waals surface area contributed by atoms with Crippen molar-refractivity contribution in [2.45, 2.75) is 32.4 Å². The number of hydrazine groups is 1. The van der Waals surface area contributed by atoms with Gasteiger partial charge >= 0.3 is 6.09 Å². The Labute approximate surface area is 93.6 Å². The van der Waals surface area contributed by atoms with Crippen LogP contribution in [0.15, 0.2) is 11.6 Å². The van der Waals surface area contributed by atoms with Crippen LogP contribution >= 0.6 is 0 Å². The standard InChI is InChI=1S/C11H14N2O3/c1-3-16-11(15)13-7-4-6(2)10(7)8-5-9(14)12(8)13/h4,7-8,10H,3,5H2,1-2H3/t7-,8-,10-/m0/s1. The molecule has 5 nitrogen and oxygen atoms in total. The third-order valence-electron chi connectivity index (χ3n) is 3.66. The van der Waals surface area contributed by atoms with E-state index < -0.39 is 6.09 Å². The Kier molecular flexibility index (Phi) is 1.81. The Balaban J connectivity index is 1.87. The molecular formula is C11H14N2O3. The number of ether oxygens (including phenoxy) is 1. The number of amides is 2. The molecule has 2 heterocycles. The summed E-state index contributed by atoms with van der Waals surface area (Å²) in [5.41, 5.74) is 1.28. The molecule has 2 aliphatic heterocycles. The fourth-order valence-electron chi connectivity index (χ4n) is 2.92. The molecule has 0 aromatic heterocycles. The molecule has 0 N–H and O–H groups in total. The second kappa shape index (κ2) is 2.99. The number of carbonyl (C=O) groups excluding carboxylic acids is 2. The Hall–Kier alpha value is -1.52. The predicted octanol–water partition coefficient (Wildman–Crippen LogP) is 0.919. The molecule has 0 bridgehead atoms. The van der Waals surface area contributed by atoms with E-state index in [-0.39, 0.29) is 18.0 Å². The Bertz CT molecular complexity index is 404. The molecule has 2 amide bonds. The molecule has 3 rings (SSSR count). The first kappa shape index (κ1) is 9.69. The topological polar surface area (TPSA) is 49.9 Å². The third kappa shape index (κ3) is 0.956. The molecule has 0 saturated carbocycles. The first-order valence-corrected chi connectivity index (χ1v) is 5.61. The van der Waals surface area contributed by atoms with Crippen molar-refractivity contribution < 1.29 is 14.3 Å². The van der Waals surface area contributed by atoms with Gasteiger partial charge in [0.25, 0.3) is 0 Å². The molecule has 86 valence electrons. The first-order valence-electron chi connectivity index (χ1n) is 5.61. The summed E-state index contributed by atoms with van der Waals surface area (Å²) in [5.74, 6) is 0.357. The lowest BCUT2D eigenvalue weighted by Crippen LogP contribution is -2.57. The molecule has 2 saturated heterocycles. The van der Waals surface area contributed by atoms with Crippen molar-refractivity contribution in [2.75, 3.05) is 6.61 Å². The normalized spacial score (nSPS) is 34.8. The maximum atomic E-state index is 11.8. The van der Waals surface area contributed by atoms with E-state index in [1.165, 1.54) is 10.6 Å². The fourth-order valence-corrected chi connectivity index (χ4v) is 2.92. The summed E-state index contributed by atoms with van der Waals surface area (Å²) in [6.45, 7) is 4.15. The van der Waals surface area contributed by atoms with E-state index in [0.29, 0.717) is 18.9 Å². The Morgan fingerprint density at radius 3 is 2.94 bits per heavy atom. The molecule has 3 atom stereocenters. The highest BCUT2D eigenvalue weighted by Gasteiger charge is 2.61. The van der Waals surface area contributed by atoms with Crippen molar-refractivity contribution >= 4 is 12.0 Å². The Morgan fingerprint density at radius 2 is 2.38 bits per heavy atom. The second-order valence-corrected chi connectivity index (χ2v) is 4.48. The molecule has 16 heavy (non-hydrogen) atoms. The van der Waals surface area contributed by atoms with E-state index in [4.69, 9.17) is 4.74 Å². The van der Waals surface area contributed by atoms with Crippen LogP contribution in [0.1, 0.15) is 20.3 Å². The van der Waals surface area contributed by atoms with Gasteiger partial charge in [0.15, 0.2) is 0 Å². The van der Waals surface area contributed by atoms with E-state index in [9.17, 15) is 9.59 Å². The van der Waals surface area contributed by atoms with Gasteiger partial charge < -0.3 is 4.74 Å². The largest absolute Gasteiger partial charge is 0.448 e. The van der Waals surface area contributed by atoms with Crippen LogP contribution in [0.4, 0.5) is 4.79 Å². The highest BCUT2D eigenvalue weighted by molar-refractivity contribution is 5.87. The number of rotatable bonds is 1. The maximum Gasteiger partial charge on any atom is 0.429 e. The number of carbonyl (C=O) groups is 2. The van der Waals surface area contributed by atoms with Crippen LogP contribution in [-0.4, -0.2) is 40.7 Å². The van der Waals surface area contributed by atoms with E-state index in [1.54, 1.807) is 11.9 Å². The van der Waals surface area contributed by atoms with Gasteiger partial charge in [-0.05, 0) is 13.8 Å². The fraction of sp³-hybridized carbons (Fsp3) is 0.636. The van der Waals surface area contributed by atoms with Crippen LogP contribution in [0.3, 0.4) is 0 Å². The Morgan fingerprint density at radius 1 is 1.62 bits per heavy atom. The lowest BCUT2D eigenvalue weighted by molar-refractivity contribution is -0.161. The quantitative estimate of drug-likeness (QED) is 0.489. The van der Waals surface area contributed by atoms with Crippen LogP contribution in [-0.2, 0) is 9.53 Å². The summed E-state index contributed by atoms with van der Waals surface area (Å²) in [5, 5.41) is 3.05. The van der Waals surface area contributed by atoms with Gasteiger partial charge in [-0.3, -0.25) is 4.79 Å². The van der Waals surface area contributed by atoms with Gasteiger partial charge in [0, 0.05) is 5.92 Å². The highest BCUT2D eigenvalue weighted by atomic mass is 16.6. The number of β-lactam (4-membered cyclic amide) rings is 1. The van der Waals surface area contributed by atoms with E-state index in [1.807, 2.05) is 6.08 Å². The zero-order valence-corrected chi connectivity index (χ0v) is 9.34. The molecule has 2 fully saturated rings. The van der Waals surface area contributed by atoms with E-state index >= 15 is 0 Å². The minimum Gasteiger partial charge on any atom is -0.448 e. The molecule has 5 heteroatoms. The molecular weight excluding hydrogens is 208 g/mol. The van der Waals surface area contributed by atoms with Gasteiger partial charge in [-0.2, -0.15) is 0 Å². The number of nitrogens with zero attached hydrogens (tertiary/aromatic N) is 2. The van der Waals surface area contributed by atoms with Gasteiger partial charge in [-0.1, -0.05) is 11.6 Å². The van der Waals surface area contributed by atoms with Gasteiger partial charge in [-0.25, -0.2) is 14.8 Å². The van der Waals surface area contributed by atoms with E-state index in [2.05, 4.69) is 6.92 Å². The molecule has 3 aliphatic rings. The number of fused-ring (bicyclic) bond motifs is 3. The van der Waals surface area contributed by atoms with E-state index in [0.717, 1.165) is 0 Å². The minimum atomic E-state index is -0.406. The molecule has 0 unspecified atom stereocenters. The summed E-state index contributed by atoms with van der Waals surface area (Å²) in [6.07, 6.45) is 2.19. The second-order valence-electron chi connectivity index (χ2n) is 4.48. The van der Waals surface area contributed by atoms with Crippen molar-refractivity contribution in [3.63, 3.8) is 0 Å². The summed E-state index contributed by atoms with van der Waals surface area (Å²) in [4.78, 5) is 23.3. The summed E-state index contributed by atoms with van der Waals surface area (Å²) >= 11 is 0. The number of hydrogen-bond donors (Lipinski definition) is 0. The average molecular weight is 222 g/mol. The zero-order valence-electron chi connectivity index (χ0n) is 9.34. The zero-order chi connectivity index (χ0) is 11.4. The summed E-state index contributed by atoms with van der Waals surface area (Å²) in [6, 6.07) is 0.224. The maximum absolute atomic E-state index is 11.8. The van der Waals surface area contributed by atoms with Crippen LogP contribution < -0.4 is 0 Å². The highest BCUT2D eigenvalue weighted by Crippen LogP contribution is 2.49. The average Bonchev–Trinajstić information content (AvgIpc) is 2.42. The summed E-state index contributed by atoms with van der Waals surface area (Å²) in [7, 11) is 0. The lowest BCUT2D eigenvalue weighted by Gasteiger charge is -2.39. The SMILES string of the molecule is CCOC(=O)N1[C@H]2C=C(C)[C@@H]2[C@@H]2CC(=O)N21. The molecule has 1 aliphatic carbocycles. The van der Waals surface area contributed by atoms with Crippen molar-refractivity contribution in [2.24, 2.45) is 5.92 Å². The molecule has 0 aromatic rings. The molecule has 0 spiro atoms. The molecule has 0 radical (unpaired) electrons. The number of hydrogen-bond acceptors (Lipinski definition) is 3. The predicted molar refractivity (Wildman–Crippen MR) is 55.1 cm³/mol. The minimum absolute atomic E-state index is 0.0219. The monoisotopic (exact) mass is 222 g/mol. The van der Waals surface area contributed by atoms with Gasteiger partial charge in [0.05, 0.1) is 25.1 Å². The molecule has 0 aromatic carbocycles. The lowest BCUT2D eigenvalue weighted by atomic mass is 9.75. The van der Waals surface area contributed by atoms with Crippen LogP contribution in [0.2, 0.25) is 0 Å². The first-order chi connectivity index (χ1) is 7.65. The summed E-state index contributed by atoms with van der Waals surface area (Å²) < 4.78 is 4.98. The van der Waals surface area contributed by atoms with Crippen molar-refractivity contribution in [3.8, 4) is 0 Å². The van der Waals surface area contributed by atoms with Crippen molar-refractivity contribution in [1.82, 2.24) is 10.0 Å². The third-order valence-corrected chi connectivity index (χ3v) is 3.66. The van der Waals surface area contributed by atoms with Gasteiger partial charge in [-0.15, -0.1) is 0 Å². The van der Waals surface area contributed by atoms with Crippen LogP contribution in [0.25, 0.3) is 0 Å². The van der Waals surface area contributed by atoms with Gasteiger partial charge in [0.1, 0.15) is 0 Å². The smallest absolute Gasteiger partial charge is 0.429 e. The van der Waals surface area contributed by atoms with Crippen molar-refractivity contribution in [3.05, 3.63) is 11.6 Å².